The van der Waals surface area contributed by atoms with Crippen molar-refractivity contribution in [1.29, 1.82) is 0 Å². The summed E-state index contributed by atoms with van der Waals surface area (Å²) in [5.74, 6) is 0. The van der Waals surface area contributed by atoms with Gasteiger partial charge in [-0.05, 0) is 0 Å². The molecule has 0 atom stereocenters. The summed E-state index contributed by atoms with van der Waals surface area (Å²) in [5, 5.41) is 0. The number of halogens is 3. The molecule has 0 amide bonds. The first-order chi connectivity index (χ1) is 4.31. The fourth-order valence-corrected chi connectivity index (χ4v) is 0.519. The van der Waals surface area contributed by atoms with Crippen LogP contribution in [-0.4, -0.2) is 24.4 Å². The Morgan fingerprint density at radius 3 is 1.80 bits per heavy atom. The van der Waals surface area contributed by atoms with Gasteiger partial charge in [0.15, 0.2) is 0 Å². The van der Waals surface area contributed by atoms with Crippen LogP contribution in [0, 0.1) is 0 Å². The molecule has 0 N–H and O–H groups in total. The average molecular weight is 193 g/mol. The Hall–Kier alpha value is -0.123. The van der Waals surface area contributed by atoms with Gasteiger partial charge in [-0.2, -0.15) is 21.6 Å². The Balaban J connectivity index is 4.44. The molecule has 3 radical (unpaired) electrons. The first-order valence-corrected chi connectivity index (χ1v) is 3.46. The van der Waals surface area contributed by atoms with E-state index in [0.717, 1.165) is 0 Å². The monoisotopic (exact) mass is 193 g/mol. The summed E-state index contributed by atoms with van der Waals surface area (Å²) in [5.41, 5.74) is -5.46. The van der Waals surface area contributed by atoms with Crippen molar-refractivity contribution in [3.05, 3.63) is 0 Å². The van der Waals surface area contributed by atoms with Crippen LogP contribution in [0.25, 0.3) is 0 Å². The highest BCUT2D eigenvalue weighted by molar-refractivity contribution is 7.87. The molecule has 0 aromatic carbocycles. The smallest absolute Gasteiger partial charge is 0.272 e. The minimum atomic E-state index is -5.62. The van der Waals surface area contributed by atoms with E-state index in [1.807, 2.05) is 10.5 Å². The van der Waals surface area contributed by atoms with Crippen molar-refractivity contribution in [3.63, 3.8) is 0 Å². The quantitative estimate of drug-likeness (QED) is 0.265. The Labute approximate surface area is 57.5 Å². The van der Waals surface area contributed by atoms with Crippen molar-refractivity contribution >= 4 is 20.6 Å². The Morgan fingerprint density at radius 2 is 1.70 bits per heavy atom. The molecule has 0 fully saturated rings. The first-order valence-electron chi connectivity index (χ1n) is 1.64. The highest BCUT2D eigenvalue weighted by atomic mass is 32.2. The molecule has 9 heteroatoms. The third-order valence-corrected chi connectivity index (χ3v) is 1.43. The fourth-order valence-electron chi connectivity index (χ4n) is 0.0834. The molecule has 0 spiro atoms. The molecule has 0 aliphatic carbocycles. The van der Waals surface area contributed by atoms with Gasteiger partial charge in [0.25, 0.3) is 0 Å². The van der Waals surface area contributed by atoms with Crippen LogP contribution >= 0.6 is 0 Å². The number of rotatable bonds is 2. The van der Waals surface area contributed by atoms with Crippen LogP contribution in [0.1, 0.15) is 0 Å². The van der Waals surface area contributed by atoms with Crippen molar-refractivity contribution < 1.29 is 30.5 Å². The van der Waals surface area contributed by atoms with E-state index in [0.29, 0.717) is 0 Å². The lowest BCUT2D eigenvalue weighted by atomic mass is 11.6. The van der Waals surface area contributed by atoms with E-state index in [2.05, 4.69) is 8.91 Å². The summed E-state index contributed by atoms with van der Waals surface area (Å²) >= 11 is 0. The van der Waals surface area contributed by atoms with E-state index in [1.165, 1.54) is 0 Å². The molecule has 0 saturated carbocycles. The predicted octanol–water partition coefficient (Wildman–Crippen LogP) is -0.132. The van der Waals surface area contributed by atoms with Crippen LogP contribution in [0.5, 0.6) is 0 Å². The van der Waals surface area contributed by atoms with Crippen molar-refractivity contribution in [2.24, 2.45) is 0 Å². The summed E-state index contributed by atoms with van der Waals surface area (Å²) < 4.78 is 59.1. The standard InChI is InChI=1S/CF3O4SSi/c2-1(3,4)9(5,6)7-8-10. The maximum atomic E-state index is 11.2. The molecule has 4 nitrogen and oxygen atoms in total. The van der Waals surface area contributed by atoms with Crippen molar-refractivity contribution in [2.45, 2.75) is 5.51 Å². The maximum Gasteiger partial charge on any atom is 0.525 e. The van der Waals surface area contributed by atoms with Gasteiger partial charge in [-0.3, -0.25) is 4.58 Å². The zero-order chi connectivity index (χ0) is 8.41. The lowest BCUT2D eigenvalue weighted by Gasteiger charge is -2.03. The van der Waals surface area contributed by atoms with Gasteiger partial charge in [0.05, 0.1) is 0 Å². The zero-order valence-corrected chi connectivity index (χ0v) is 5.99. The van der Waals surface area contributed by atoms with Gasteiger partial charge in [-0.25, -0.2) is 0 Å². The minimum absolute atomic E-state index is 1.92. The summed E-state index contributed by atoms with van der Waals surface area (Å²) in [6.45, 7) is 0. The Bertz CT molecular complexity index is 193. The lowest BCUT2D eigenvalue weighted by molar-refractivity contribution is -0.125. The van der Waals surface area contributed by atoms with Crippen LogP contribution < -0.4 is 0 Å². The molecule has 10 heavy (non-hydrogen) atoms. The van der Waals surface area contributed by atoms with Crippen LogP contribution in [0.15, 0.2) is 0 Å². The fraction of sp³-hybridized carbons (Fsp3) is 1.00. The molecule has 0 aromatic rings. The topological polar surface area (TPSA) is 52.6 Å². The summed E-state index contributed by atoms with van der Waals surface area (Å²) in [6, 6.07) is 0. The second kappa shape index (κ2) is 2.86. The van der Waals surface area contributed by atoms with Gasteiger partial charge in [0, 0.05) is 0 Å². The van der Waals surface area contributed by atoms with Crippen LogP contribution in [0.2, 0.25) is 0 Å². The summed E-state index contributed by atoms with van der Waals surface area (Å²) in [7, 11) is -3.70. The summed E-state index contributed by atoms with van der Waals surface area (Å²) in [6.07, 6.45) is 0. The van der Waals surface area contributed by atoms with Crippen LogP contribution in [-0.2, 0) is 19.0 Å². The number of hydrogen-bond donors (Lipinski definition) is 0. The SMILES string of the molecule is O=S(=O)(OO[Si])C(F)(F)F. The van der Waals surface area contributed by atoms with E-state index < -0.39 is 15.6 Å². The number of hydrogen-bond acceptors (Lipinski definition) is 4. The Morgan fingerprint density at radius 1 is 1.30 bits per heavy atom. The molecule has 0 saturated heterocycles. The van der Waals surface area contributed by atoms with Crippen molar-refractivity contribution in [1.82, 2.24) is 0 Å². The predicted molar refractivity (Wildman–Crippen MR) is 22.9 cm³/mol. The maximum absolute atomic E-state index is 11.2. The molecule has 0 aromatic heterocycles. The van der Waals surface area contributed by atoms with Gasteiger partial charge < -0.3 is 0 Å². The zero-order valence-electron chi connectivity index (χ0n) is 4.18. The highest BCUT2D eigenvalue weighted by Gasteiger charge is 2.48. The van der Waals surface area contributed by atoms with E-state index >= 15 is 0 Å². The molecule has 59 valence electrons. The molecule has 0 aliphatic rings. The van der Waals surface area contributed by atoms with Crippen molar-refractivity contribution in [2.75, 3.05) is 0 Å². The molecular formula is CF3O4SSi. The molecular weight excluding hydrogens is 193 g/mol. The summed E-state index contributed by atoms with van der Waals surface area (Å²) in [4.78, 5) is 0. The molecule has 0 aliphatic heterocycles. The van der Waals surface area contributed by atoms with Gasteiger partial charge >= 0.3 is 26.1 Å². The van der Waals surface area contributed by atoms with Gasteiger partial charge in [-0.15, -0.1) is 4.33 Å². The number of alkyl halides is 3. The molecule has 0 unspecified atom stereocenters. The molecule has 0 rings (SSSR count). The van der Waals surface area contributed by atoms with E-state index in [1.54, 1.807) is 0 Å². The van der Waals surface area contributed by atoms with E-state index in [-0.39, 0.29) is 0 Å². The lowest BCUT2D eigenvalue weighted by Crippen LogP contribution is -2.25. The molecule has 0 bridgehead atoms. The largest absolute Gasteiger partial charge is 0.525 e. The third kappa shape index (κ3) is 2.25. The van der Waals surface area contributed by atoms with Gasteiger partial charge in [0.2, 0.25) is 0 Å². The van der Waals surface area contributed by atoms with Crippen LogP contribution in [0.3, 0.4) is 0 Å². The molecule has 0 heterocycles. The Kier molecular flexibility index (Phi) is 2.82. The van der Waals surface area contributed by atoms with Gasteiger partial charge in [-0.1, -0.05) is 0 Å². The normalized spacial score (nSPS) is 13.6. The average Bonchev–Trinajstić information content (AvgIpc) is 1.61. The van der Waals surface area contributed by atoms with E-state index in [9.17, 15) is 21.6 Å². The second-order valence-electron chi connectivity index (χ2n) is 1.05. The first kappa shape index (κ1) is 9.88. The second-order valence-corrected chi connectivity index (χ2v) is 2.73. The minimum Gasteiger partial charge on any atom is -0.272 e. The van der Waals surface area contributed by atoms with E-state index in [4.69, 9.17) is 0 Å². The van der Waals surface area contributed by atoms with Crippen LogP contribution in [0.4, 0.5) is 13.2 Å². The third-order valence-electron chi connectivity index (χ3n) is 0.407. The van der Waals surface area contributed by atoms with Crippen molar-refractivity contribution in [3.8, 4) is 0 Å². The van der Waals surface area contributed by atoms with Gasteiger partial charge in [0.1, 0.15) is 0 Å². The highest BCUT2D eigenvalue weighted by Crippen LogP contribution is 2.24.